The average molecular weight is 402 g/mol. The number of halogens is 1. The minimum Gasteiger partial charge on any atom is -0.497 e. The molecule has 3 rings (SSSR count). The van der Waals surface area contributed by atoms with Gasteiger partial charge >= 0.3 is 0 Å². The zero-order valence-electron chi connectivity index (χ0n) is 13.4. The fourth-order valence-corrected chi connectivity index (χ4v) is 2.71. The van der Waals surface area contributed by atoms with Crippen LogP contribution in [0.15, 0.2) is 53.1 Å². The van der Waals surface area contributed by atoms with Crippen LogP contribution < -0.4 is 15.6 Å². The smallest absolute Gasteiger partial charge is 0.269 e. The summed E-state index contributed by atoms with van der Waals surface area (Å²) in [6.07, 6.45) is 1.91. The predicted octanol–water partition coefficient (Wildman–Crippen LogP) is 2.94. The van der Waals surface area contributed by atoms with Gasteiger partial charge in [-0.15, -0.1) is 0 Å². The molecule has 0 saturated heterocycles. The molecule has 25 heavy (non-hydrogen) atoms. The molecule has 128 valence electrons. The molecule has 0 atom stereocenters. The van der Waals surface area contributed by atoms with Gasteiger partial charge in [-0.25, -0.2) is 0 Å². The Balaban J connectivity index is 1.63. The van der Waals surface area contributed by atoms with E-state index in [9.17, 15) is 9.59 Å². The highest BCUT2D eigenvalue weighted by molar-refractivity contribution is 9.10. The largest absolute Gasteiger partial charge is 0.497 e. The van der Waals surface area contributed by atoms with E-state index in [1.807, 2.05) is 18.2 Å². The predicted molar refractivity (Wildman–Crippen MR) is 98.3 cm³/mol. The summed E-state index contributed by atoms with van der Waals surface area (Å²) in [4.78, 5) is 27.2. The van der Waals surface area contributed by atoms with Crippen molar-refractivity contribution in [3.05, 3.63) is 64.3 Å². The second-order valence-corrected chi connectivity index (χ2v) is 6.33. The van der Waals surface area contributed by atoms with Gasteiger partial charge in [-0.3, -0.25) is 20.4 Å². The van der Waals surface area contributed by atoms with Gasteiger partial charge in [0, 0.05) is 27.1 Å². The highest BCUT2D eigenvalue weighted by Gasteiger charge is 2.11. The molecule has 0 unspecified atom stereocenters. The lowest BCUT2D eigenvalue weighted by molar-refractivity contribution is -0.121. The first-order valence-corrected chi connectivity index (χ1v) is 8.35. The monoisotopic (exact) mass is 401 g/mol. The normalized spacial score (nSPS) is 10.5. The summed E-state index contributed by atoms with van der Waals surface area (Å²) in [5.41, 5.74) is 7.05. The molecule has 0 aliphatic heterocycles. The number of hydrogen-bond acceptors (Lipinski definition) is 3. The van der Waals surface area contributed by atoms with Crippen molar-refractivity contribution in [3.8, 4) is 5.75 Å². The molecule has 0 radical (unpaired) electrons. The highest BCUT2D eigenvalue weighted by atomic mass is 79.9. The van der Waals surface area contributed by atoms with Crippen LogP contribution in [0.5, 0.6) is 5.75 Å². The number of rotatable bonds is 4. The van der Waals surface area contributed by atoms with Crippen molar-refractivity contribution in [2.75, 3.05) is 7.11 Å². The summed E-state index contributed by atoms with van der Waals surface area (Å²) in [6.45, 7) is 0. The van der Waals surface area contributed by atoms with Crippen LogP contribution in [0.2, 0.25) is 0 Å². The molecular weight excluding hydrogens is 386 g/mol. The van der Waals surface area contributed by atoms with Crippen molar-refractivity contribution < 1.29 is 14.3 Å². The lowest BCUT2D eigenvalue weighted by Gasteiger charge is -2.07. The van der Waals surface area contributed by atoms with E-state index in [-0.39, 0.29) is 18.2 Å². The van der Waals surface area contributed by atoms with Gasteiger partial charge in [0.15, 0.2) is 0 Å². The number of fused-ring (bicyclic) bond motifs is 1. The maximum atomic E-state index is 12.1. The van der Waals surface area contributed by atoms with Gasteiger partial charge in [0.1, 0.15) is 5.75 Å². The fraction of sp³-hybridized carbons (Fsp3) is 0.111. The number of aromatic nitrogens is 1. The number of ether oxygens (including phenoxy) is 1. The Morgan fingerprint density at radius 3 is 2.60 bits per heavy atom. The molecule has 0 aliphatic rings. The lowest BCUT2D eigenvalue weighted by atomic mass is 10.1. The Morgan fingerprint density at radius 2 is 1.88 bits per heavy atom. The van der Waals surface area contributed by atoms with Crippen molar-refractivity contribution in [3.63, 3.8) is 0 Å². The molecule has 3 aromatic rings. The summed E-state index contributed by atoms with van der Waals surface area (Å²) in [7, 11) is 1.60. The van der Waals surface area contributed by atoms with E-state index in [4.69, 9.17) is 4.74 Å². The van der Waals surface area contributed by atoms with Crippen molar-refractivity contribution >= 4 is 38.6 Å². The Hall–Kier alpha value is -2.80. The molecule has 3 N–H and O–H groups in total. The minimum absolute atomic E-state index is 0.133. The topological polar surface area (TPSA) is 83.2 Å². The maximum Gasteiger partial charge on any atom is 0.269 e. The second-order valence-electron chi connectivity index (χ2n) is 5.41. The fourth-order valence-electron chi connectivity index (χ4n) is 2.45. The van der Waals surface area contributed by atoms with Crippen molar-refractivity contribution in [1.82, 2.24) is 15.8 Å². The van der Waals surface area contributed by atoms with Crippen LogP contribution in [0.4, 0.5) is 0 Å². The van der Waals surface area contributed by atoms with Crippen LogP contribution in [-0.2, 0) is 11.2 Å². The first-order valence-electron chi connectivity index (χ1n) is 7.55. The Kier molecular flexibility index (Phi) is 5.04. The van der Waals surface area contributed by atoms with Crippen molar-refractivity contribution in [2.45, 2.75) is 6.42 Å². The van der Waals surface area contributed by atoms with Crippen LogP contribution in [0, 0.1) is 0 Å². The molecule has 2 amide bonds. The van der Waals surface area contributed by atoms with E-state index in [2.05, 4.69) is 31.8 Å². The average Bonchev–Trinajstić information content (AvgIpc) is 3.02. The standard InChI is InChI=1S/C18H16BrN3O3/c1-25-14-6-7-16-15(9-14)12(10-20-16)8-17(23)21-22-18(24)11-2-4-13(19)5-3-11/h2-7,9-10,20H,8H2,1H3,(H,21,23)(H,22,24). The molecule has 7 heteroatoms. The van der Waals surface area contributed by atoms with Gasteiger partial charge in [0.25, 0.3) is 5.91 Å². The third-order valence-electron chi connectivity index (χ3n) is 3.75. The minimum atomic E-state index is -0.374. The van der Waals surface area contributed by atoms with Crippen LogP contribution in [0.3, 0.4) is 0 Å². The molecule has 1 aromatic heterocycles. The van der Waals surface area contributed by atoms with E-state index < -0.39 is 0 Å². The number of H-pyrrole nitrogens is 1. The first-order chi connectivity index (χ1) is 12.1. The van der Waals surface area contributed by atoms with Gasteiger partial charge in [-0.1, -0.05) is 15.9 Å². The number of methoxy groups -OCH3 is 1. The van der Waals surface area contributed by atoms with E-state index in [1.54, 1.807) is 37.6 Å². The molecule has 2 aromatic carbocycles. The van der Waals surface area contributed by atoms with Crippen molar-refractivity contribution in [1.29, 1.82) is 0 Å². The van der Waals surface area contributed by atoms with Crippen molar-refractivity contribution in [2.24, 2.45) is 0 Å². The van der Waals surface area contributed by atoms with Crippen LogP contribution in [0.25, 0.3) is 10.9 Å². The third kappa shape index (κ3) is 4.00. The van der Waals surface area contributed by atoms with E-state index in [0.717, 1.165) is 26.7 Å². The SMILES string of the molecule is COc1ccc2[nH]cc(CC(=O)NNC(=O)c3ccc(Br)cc3)c2c1. The third-order valence-corrected chi connectivity index (χ3v) is 4.28. The summed E-state index contributed by atoms with van der Waals surface area (Å²) in [5.74, 6) is 0.0351. The number of hydrazine groups is 1. The number of carbonyl (C=O) groups excluding carboxylic acids is 2. The van der Waals surface area contributed by atoms with E-state index in [0.29, 0.717) is 5.56 Å². The number of benzene rings is 2. The second kappa shape index (κ2) is 7.40. The van der Waals surface area contributed by atoms with E-state index in [1.165, 1.54) is 0 Å². The Labute approximate surface area is 152 Å². The summed E-state index contributed by atoms with van der Waals surface area (Å²) >= 11 is 3.31. The zero-order chi connectivity index (χ0) is 17.8. The summed E-state index contributed by atoms with van der Waals surface area (Å²) < 4.78 is 6.09. The van der Waals surface area contributed by atoms with Crippen LogP contribution >= 0.6 is 15.9 Å². The van der Waals surface area contributed by atoms with Gasteiger partial charge in [-0.2, -0.15) is 0 Å². The Bertz CT molecular complexity index is 919. The number of aromatic amines is 1. The van der Waals surface area contributed by atoms with Crippen LogP contribution in [-0.4, -0.2) is 23.9 Å². The molecule has 0 fully saturated rings. The maximum absolute atomic E-state index is 12.1. The van der Waals surface area contributed by atoms with Gasteiger partial charge in [0.05, 0.1) is 13.5 Å². The number of hydrogen-bond donors (Lipinski definition) is 3. The number of nitrogens with one attached hydrogen (secondary N) is 3. The molecule has 0 aliphatic carbocycles. The van der Waals surface area contributed by atoms with E-state index >= 15 is 0 Å². The molecule has 1 heterocycles. The zero-order valence-corrected chi connectivity index (χ0v) is 15.0. The summed E-state index contributed by atoms with van der Waals surface area (Å²) in [6, 6.07) is 12.5. The van der Waals surface area contributed by atoms with Gasteiger partial charge < -0.3 is 9.72 Å². The Morgan fingerprint density at radius 1 is 1.12 bits per heavy atom. The number of carbonyl (C=O) groups is 2. The molecule has 0 saturated carbocycles. The molecule has 0 bridgehead atoms. The van der Waals surface area contributed by atoms with Crippen LogP contribution in [0.1, 0.15) is 15.9 Å². The lowest BCUT2D eigenvalue weighted by Crippen LogP contribution is -2.42. The molecule has 6 nitrogen and oxygen atoms in total. The molecular formula is C18H16BrN3O3. The summed E-state index contributed by atoms with van der Waals surface area (Å²) in [5, 5.41) is 0.911. The van der Waals surface area contributed by atoms with Gasteiger partial charge in [-0.05, 0) is 48.0 Å². The first kappa shape index (κ1) is 17.0. The quantitative estimate of drug-likeness (QED) is 0.587. The highest BCUT2D eigenvalue weighted by Crippen LogP contribution is 2.23. The molecule has 0 spiro atoms. The number of amides is 2. The van der Waals surface area contributed by atoms with Gasteiger partial charge in [0.2, 0.25) is 5.91 Å².